The quantitative estimate of drug-likeness (QED) is 0.629. The minimum absolute atomic E-state index is 0.0819. The van der Waals surface area contributed by atoms with Crippen LogP contribution in [0.5, 0.6) is 0 Å². The number of allylic oxidation sites excluding steroid dienone is 1. The summed E-state index contributed by atoms with van der Waals surface area (Å²) < 4.78 is 0. The molecule has 0 aliphatic carbocycles. The number of carbonyl (C=O) groups is 2. The van der Waals surface area contributed by atoms with Gasteiger partial charge in [-0.05, 0) is 45.4 Å². The minimum atomic E-state index is -0.145. The Balaban J connectivity index is 2.31. The molecule has 0 spiro atoms. The molecular formula is C19H19NO2. The molecule has 0 aliphatic rings. The van der Waals surface area contributed by atoms with Crippen molar-refractivity contribution in [2.24, 2.45) is 0 Å². The van der Waals surface area contributed by atoms with E-state index in [-0.39, 0.29) is 11.6 Å². The SMILES string of the molecule is CC(=O)c1cc(C(=O)/C=C/c2ccc(C)cc2)c(C)nc1C. The maximum absolute atomic E-state index is 12.4. The highest BCUT2D eigenvalue weighted by atomic mass is 16.1. The second-order valence-electron chi connectivity index (χ2n) is 5.42. The Hall–Kier alpha value is -2.55. The standard InChI is InChI=1S/C19H19NO2/c1-12-5-7-16(8-6-12)9-10-19(22)18-11-17(15(4)21)13(2)20-14(18)3/h5-11H,1-4H3/b10-9+. The lowest BCUT2D eigenvalue weighted by Gasteiger charge is -2.07. The van der Waals surface area contributed by atoms with Gasteiger partial charge in [0.2, 0.25) is 0 Å². The highest BCUT2D eigenvalue weighted by Crippen LogP contribution is 2.15. The summed E-state index contributed by atoms with van der Waals surface area (Å²) in [6.45, 7) is 7.06. The zero-order valence-corrected chi connectivity index (χ0v) is 13.3. The van der Waals surface area contributed by atoms with Gasteiger partial charge in [0.05, 0.1) is 0 Å². The van der Waals surface area contributed by atoms with E-state index in [0.717, 1.165) is 5.56 Å². The van der Waals surface area contributed by atoms with Crippen molar-refractivity contribution in [1.82, 2.24) is 4.98 Å². The summed E-state index contributed by atoms with van der Waals surface area (Å²) in [5.41, 5.74) is 4.40. The summed E-state index contributed by atoms with van der Waals surface area (Å²) in [5, 5.41) is 0. The number of aryl methyl sites for hydroxylation is 3. The molecule has 0 saturated carbocycles. The maximum Gasteiger partial charge on any atom is 0.187 e. The molecule has 3 heteroatoms. The topological polar surface area (TPSA) is 47.0 Å². The van der Waals surface area contributed by atoms with E-state index in [0.29, 0.717) is 22.5 Å². The van der Waals surface area contributed by atoms with Crippen LogP contribution in [0.4, 0.5) is 0 Å². The van der Waals surface area contributed by atoms with Gasteiger partial charge in [0.15, 0.2) is 11.6 Å². The van der Waals surface area contributed by atoms with Crippen LogP contribution in [0.3, 0.4) is 0 Å². The molecule has 0 unspecified atom stereocenters. The number of ketones is 2. The third-order valence-corrected chi connectivity index (χ3v) is 3.55. The van der Waals surface area contributed by atoms with Crippen molar-refractivity contribution in [3.63, 3.8) is 0 Å². The van der Waals surface area contributed by atoms with E-state index < -0.39 is 0 Å². The molecule has 0 atom stereocenters. The van der Waals surface area contributed by atoms with E-state index >= 15 is 0 Å². The van der Waals surface area contributed by atoms with Gasteiger partial charge in [-0.25, -0.2) is 0 Å². The van der Waals surface area contributed by atoms with E-state index in [1.165, 1.54) is 18.6 Å². The van der Waals surface area contributed by atoms with E-state index in [4.69, 9.17) is 0 Å². The van der Waals surface area contributed by atoms with Crippen molar-refractivity contribution in [3.8, 4) is 0 Å². The van der Waals surface area contributed by atoms with Gasteiger partial charge in [0, 0.05) is 22.5 Å². The van der Waals surface area contributed by atoms with Gasteiger partial charge < -0.3 is 0 Å². The predicted octanol–water partition coefficient (Wildman–Crippen LogP) is 4.11. The largest absolute Gasteiger partial charge is 0.294 e. The average molecular weight is 293 g/mol. The maximum atomic E-state index is 12.4. The lowest BCUT2D eigenvalue weighted by Crippen LogP contribution is -2.07. The third-order valence-electron chi connectivity index (χ3n) is 3.55. The highest BCUT2D eigenvalue weighted by Gasteiger charge is 2.13. The summed E-state index contributed by atoms with van der Waals surface area (Å²) in [4.78, 5) is 28.3. The summed E-state index contributed by atoms with van der Waals surface area (Å²) in [6, 6.07) is 9.55. The van der Waals surface area contributed by atoms with Crippen LogP contribution in [-0.2, 0) is 0 Å². The van der Waals surface area contributed by atoms with E-state index in [1.54, 1.807) is 26.0 Å². The Bertz CT molecular complexity index is 756. The van der Waals surface area contributed by atoms with Crippen molar-refractivity contribution in [3.05, 3.63) is 70.0 Å². The first kappa shape index (κ1) is 15.8. The van der Waals surface area contributed by atoms with Crippen LogP contribution in [-0.4, -0.2) is 16.6 Å². The number of aromatic nitrogens is 1. The van der Waals surface area contributed by atoms with Gasteiger partial charge in [0.25, 0.3) is 0 Å². The number of Topliss-reactive ketones (excluding diaryl/α,β-unsaturated/α-hetero) is 1. The van der Waals surface area contributed by atoms with Gasteiger partial charge in [0.1, 0.15) is 0 Å². The molecule has 22 heavy (non-hydrogen) atoms. The molecule has 2 aromatic rings. The Morgan fingerprint density at radius 1 is 0.955 bits per heavy atom. The number of hydrogen-bond acceptors (Lipinski definition) is 3. The van der Waals surface area contributed by atoms with Crippen molar-refractivity contribution >= 4 is 17.6 Å². The van der Waals surface area contributed by atoms with Crippen LogP contribution < -0.4 is 0 Å². The van der Waals surface area contributed by atoms with Gasteiger partial charge in [-0.3, -0.25) is 14.6 Å². The molecule has 0 fully saturated rings. The van der Waals surface area contributed by atoms with E-state index in [1.807, 2.05) is 31.2 Å². The van der Waals surface area contributed by atoms with Crippen LogP contribution in [0.2, 0.25) is 0 Å². The molecule has 0 bridgehead atoms. The zero-order valence-electron chi connectivity index (χ0n) is 13.3. The van der Waals surface area contributed by atoms with Gasteiger partial charge in [-0.2, -0.15) is 0 Å². The van der Waals surface area contributed by atoms with Gasteiger partial charge >= 0.3 is 0 Å². The second-order valence-corrected chi connectivity index (χ2v) is 5.42. The fourth-order valence-electron chi connectivity index (χ4n) is 2.27. The lowest BCUT2D eigenvalue weighted by atomic mass is 10.0. The Morgan fingerprint density at radius 2 is 1.55 bits per heavy atom. The van der Waals surface area contributed by atoms with Crippen LogP contribution in [0.25, 0.3) is 6.08 Å². The Kier molecular flexibility index (Phi) is 4.66. The summed E-state index contributed by atoms with van der Waals surface area (Å²) in [6.07, 6.45) is 3.29. The monoisotopic (exact) mass is 293 g/mol. The summed E-state index contributed by atoms with van der Waals surface area (Å²) in [7, 11) is 0. The first-order valence-electron chi connectivity index (χ1n) is 7.16. The molecule has 0 radical (unpaired) electrons. The van der Waals surface area contributed by atoms with Gasteiger partial charge in [-0.15, -0.1) is 0 Å². The first-order chi connectivity index (χ1) is 10.4. The van der Waals surface area contributed by atoms with Gasteiger partial charge in [-0.1, -0.05) is 35.9 Å². The van der Waals surface area contributed by atoms with Crippen LogP contribution in [0.15, 0.2) is 36.4 Å². The number of rotatable bonds is 4. The molecule has 0 amide bonds. The molecule has 1 aromatic carbocycles. The van der Waals surface area contributed by atoms with E-state index in [2.05, 4.69) is 4.98 Å². The van der Waals surface area contributed by atoms with Crippen LogP contribution in [0.1, 0.15) is 50.2 Å². The number of carbonyl (C=O) groups excluding carboxylic acids is 2. The van der Waals surface area contributed by atoms with Crippen LogP contribution >= 0.6 is 0 Å². The fourth-order valence-corrected chi connectivity index (χ4v) is 2.27. The molecular weight excluding hydrogens is 274 g/mol. The molecule has 0 aliphatic heterocycles. The predicted molar refractivity (Wildman–Crippen MR) is 88.3 cm³/mol. The smallest absolute Gasteiger partial charge is 0.187 e. The normalized spacial score (nSPS) is 10.9. The Labute approximate surface area is 130 Å². The molecule has 112 valence electrons. The lowest BCUT2D eigenvalue weighted by molar-refractivity contribution is 0.101. The van der Waals surface area contributed by atoms with Crippen molar-refractivity contribution in [2.45, 2.75) is 27.7 Å². The van der Waals surface area contributed by atoms with Crippen LogP contribution in [0, 0.1) is 20.8 Å². The number of benzene rings is 1. The second kappa shape index (κ2) is 6.48. The summed E-state index contributed by atoms with van der Waals surface area (Å²) >= 11 is 0. The first-order valence-corrected chi connectivity index (χ1v) is 7.16. The molecule has 2 rings (SSSR count). The van der Waals surface area contributed by atoms with Crippen molar-refractivity contribution < 1.29 is 9.59 Å². The van der Waals surface area contributed by atoms with Crippen molar-refractivity contribution in [1.29, 1.82) is 0 Å². The highest BCUT2D eigenvalue weighted by molar-refractivity contribution is 6.09. The van der Waals surface area contributed by atoms with Crippen molar-refractivity contribution in [2.75, 3.05) is 0 Å². The average Bonchev–Trinajstić information content (AvgIpc) is 2.46. The molecule has 1 heterocycles. The zero-order chi connectivity index (χ0) is 16.3. The molecule has 3 nitrogen and oxygen atoms in total. The molecule has 0 saturated heterocycles. The number of hydrogen-bond donors (Lipinski definition) is 0. The molecule has 1 aromatic heterocycles. The number of pyridine rings is 1. The Morgan fingerprint density at radius 3 is 2.14 bits per heavy atom. The molecule has 0 N–H and O–H groups in total. The fraction of sp³-hybridized carbons (Fsp3) is 0.211. The third kappa shape index (κ3) is 3.55. The van der Waals surface area contributed by atoms with E-state index in [9.17, 15) is 9.59 Å². The number of nitrogens with zero attached hydrogens (tertiary/aromatic N) is 1. The minimum Gasteiger partial charge on any atom is -0.294 e. The summed E-state index contributed by atoms with van der Waals surface area (Å²) in [5.74, 6) is -0.227.